The predicted octanol–water partition coefficient (Wildman–Crippen LogP) is 2.93. The SMILES string of the molecule is O=C(/C=C/c1cnc(N[C@@H]2CCN(CC3CCCC3)C2)c(Cl)c1)NO. The van der Waals surface area contributed by atoms with Crippen molar-refractivity contribution in [2.24, 2.45) is 5.92 Å². The fourth-order valence-corrected chi connectivity index (χ4v) is 3.96. The first-order chi connectivity index (χ1) is 12.1. The van der Waals surface area contributed by atoms with Crippen LogP contribution < -0.4 is 10.8 Å². The lowest BCUT2D eigenvalue weighted by Crippen LogP contribution is -2.30. The van der Waals surface area contributed by atoms with Gasteiger partial charge in [0, 0.05) is 37.9 Å². The lowest BCUT2D eigenvalue weighted by atomic mass is 10.1. The Morgan fingerprint density at radius 2 is 2.20 bits per heavy atom. The van der Waals surface area contributed by atoms with E-state index in [2.05, 4.69) is 15.2 Å². The number of aromatic nitrogens is 1. The summed E-state index contributed by atoms with van der Waals surface area (Å²) >= 11 is 6.31. The summed E-state index contributed by atoms with van der Waals surface area (Å²) in [5.41, 5.74) is 2.25. The topological polar surface area (TPSA) is 77.5 Å². The van der Waals surface area contributed by atoms with E-state index in [1.165, 1.54) is 38.3 Å². The summed E-state index contributed by atoms with van der Waals surface area (Å²) in [5.74, 6) is 0.965. The summed E-state index contributed by atoms with van der Waals surface area (Å²) in [6, 6.07) is 2.12. The van der Waals surface area contributed by atoms with Gasteiger partial charge >= 0.3 is 0 Å². The van der Waals surface area contributed by atoms with Crippen molar-refractivity contribution in [3.63, 3.8) is 0 Å². The number of likely N-dealkylation sites (tertiary alicyclic amines) is 1. The van der Waals surface area contributed by atoms with Crippen LogP contribution in [0.3, 0.4) is 0 Å². The molecule has 6 nitrogen and oxygen atoms in total. The van der Waals surface area contributed by atoms with Crippen molar-refractivity contribution >= 4 is 29.4 Å². The molecule has 1 aromatic heterocycles. The molecule has 3 N–H and O–H groups in total. The average Bonchev–Trinajstić information content (AvgIpc) is 3.27. The first-order valence-electron chi connectivity index (χ1n) is 8.90. The van der Waals surface area contributed by atoms with Gasteiger partial charge in [-0.05, 0) is 42.9 Å². The summed E-state index contributed by atoms with van der Waals surface area (Å²) in [6.45, 7) is 3.38. The van der Waals surface area contributed by atoms with Gasteiger partial charge in [-0.15, -0.1) is 0 Å². The fourth-order valence-electron chi connectivity index (χ4n) is 3.73. The highest BCUT2D eigenvalue weighted by Gasteiger charge is 2.26. The average molecular weight is 365 g/mol. The number of halogens is 1. The summed E-state index contributed by atoms with van der Waals surface area (Å²) in [6.07, 6.45) is 11.1. The zero-order valence-electron chi connectivity index (χ0n) is 14.2. The van der Waals surface area contributed by atoms with E-state index in [1.54, 1.807) is 23.8 Å². The molecule has 1 atom stereocenters. The number of nitrogens with zero attached hydrogens (tertiary/aromatic N) is 2. The molecule has 1 amide bonds. The molecule has 2 fully saturated rings. The van der Waals surface area contributed by atoms with Crippen molar-refractivity contribution < 1.29 is 10.0 Å². The number of nitrogens with one attached hydrogen (secondary N) is 2. The number of hydrogen-bond acceptors (Lipinski definition) is 5. The molecule has 1 aliphatic carbocycles. The second-order valence-corrected chi connectivity index (χ2v) is 7.36. The molecule has 1 saturated heterocycles. The van der Waals surface area contributed by atoms with Crippen LogP contribution in [0.1, 0.15) is 37.7 Å². The van der Waals surface area contributed by atoms with Crippen molar-refractivity contribution in [3.8, 4) is 0 Å². The van der Waals surface area contributed by atoms with Gasteiger partial charge in [-0.2, -0.15) is 0 Å². The molecule has 1 aliphatic heterocycles. The van der Waals surface area contributed by atoms with Gasteiger partial charge in [-0.3, -0.25) is 10.0 Å². The van der Waals surface area contributed by atoms with Crippen LogP contribution in [0.15, 0.2) is 18.3 Å². The van der Waals surface area contributed by atoms with Crippen molar-refractivity contribution in [2.45, 2.75) is 38.1 Å². The third-order valence-electron chi connectivity index (χ3n) is 5.00. The first-order valence-corrected chi connectivity index (χ1v) is 9.28. The highest BCUT2D eigenvalue weighted by atomic mass is 35.5. The van der Waals surface area contributed by atoms with Gasteiger partial charge in [0.05, 0.1) is 5.02 Å². The van der Waals surface area contributed by atoms with Crippen molar-refractivity contribution in [1.82, 2.24) is 15.4 Å². The van der Waals surface area contributed by atoms with E-state index in [9.17, 15) is 4.79 Å². The zero-order chi connectivity index (χ0) is 17.6. The van der Waals surface area contributed by atoms with E-state index in [0.717, 1.165) is 25.4 Å². The van der Waals surface area contributed by atoms with Crippen LogP contribution in [0.25, 0.3) is 6.08 Å². The van der Waals surface area contributed by atoms with E-state index in [4.69, 9.17) is 16.8 Å². The molecule has 136 valence electrons. The van der Waals surface area contributed by atoms with E-state index in [1.807, 2.05) is 0 Å². The molecule has 25 heavy (non-hydrogen) atoms. The molecule has 3 rings (SSSR count). The van der Waals surface area contributed by atoms with Crippen LogP contribution in [0, 0.1) is 5.92 Å². The molecule has 7 heteroatoms. The molecule has 1 saturated carbocycles. The van der Waals surface area contributed by atoms with Crippen molar-refractivity contribution in [1.29, 1.82) is 0 Å². The smallest absolute Gasteiger partial charge is 0.267 e. The number of hydroxylamine groups is 1. The zero-order valence-corrected chi connectivity index (χ0v) is 15.0. The Labute approximate surface area is 153 Å². The highest BCUT2D eigenvalue weighted by molar-refractivity contribution is 6.33. The molecule has 2 aliphatic rings. The Bertz CT molecular complexity index is 632. The molecule has 0 aromatic carbocycles. The van der Waals surface area contributed by atoms with Crippen molar-refractivity contribution in [2.75, 3.05) is 25.0 Å². The monoisotopic (exact) mass is 364 g/mol. The van der Waals surface area contributed by atoms with Gasteiger partial charge in [0.2, 0.25) is 0 Å². The number of carbonyl (C=O) groups excluding carboxylic acids is 1. The summed E-state index contributed by atoms with van der Waals surface area (Å²) in [4.78, 5) is 17.9. The van der Waals surface area contributed by atoms with E-state index < -0.39 is 5.91 Å². The van der Waals surface area contributed by atoms with Gasteiger partial charge in [0.15, 0.2) is 0 Å². The van der Waals surface area contributed by atoms with Crippen LogP contribution in [-0.2, 0) is 4.79 Å². The van der Waals surface area contributed by atoms with Gasteiger partial charge < -0.3 is 10.2 Å². The summed E-state index contributed by atoms with van der Waals surface area (Å²) in [7, 11) is 0. The summed E-state index contributed by atoms with van der Waals surface area (Å²) in [5, 5.41) is 12.4. The van der Waals surface area contributed by atoms with Gasteiger partial charge in [0.25, 0.3) is 5.91 Å². The number of amides is 1. The number of hydrogen-bond donors (Lipinski definition) is 3. The minimum atomic E-state index is -0.591. The number of rotatable bonds is 6. The van der Waals surface area contributed by atoms with Gasteiger partial charge in [-0.25, -0.2) is 10.5 Å². The molecular weight excluding hydrogens is 340 g/mol. The summed E-state index contributed by atoms with van der Waals surface area (Å²) < 4.78 is 0. The van der Waals surface area contributed by atoms with Gasteiger partial charge in [-0.1, -0.05) is 24.4 Å². The Kier molecular flexibility index (Phi) is 6.29. The second kappa shape index (κ2) is 8.65. The normalized spacial score (nSPS) is 21.9. The maximum atomic E-state index is 11.0. The number of carbonyl (C=O) groups is 1. The van der Waals surface area contributed by atoms with Crippen LogP contribution >= 0.6 is 11.6 Å². The van der Waals surface area contributed by atoms with Crippen LogP contribution in [0.5, 0.6) is 0 Å². The van der Waals surface area contributed by atoms with E-state index >= 15 is 0 Å². The second-order valence-electron chi connectivity index (χ2n) is 6.95. The molecule has 1 aromatic rings. The minimum Gasteiger partial charge on any atom is -0.365 e. The molecule has 2 heterocycles. The molecule has 0 radical (unpaired) electrons. The molecule has 0 unspecified atom stereocenters. The standard InChI is InChI=1S/C18H25ClN4O2/c19-16-9-14(5-6-17(24)22-25)10-20-18(16)21-15-7-8-23(12-15)11-13-3-1-2-4-13/h5-6,9-10,13,15,25H,1-4,7-8,11-12H2,(H,20,21)(H,22,24)/b6-5+/t15-/m1/s1. The maximum absolute atomic E-state index is 11.0. The lowest BCUT2D eigenvalue weighted by Gasteiger charge is -2.20. The maximum Gasteiger partial charge on any atom is 0.267 e. The highest BCUT2D eigenvalue weighted by Crippen LogP contribution is 2.28. The number of anilines is 1. The largest absolute Gasteiger partial charge is 0.365 e. The minimum absolute atomic E-state index is 0.368. The molecular formula is C18H25ClN4O2. The Morgan fingerprint density at radius 3 is 2.92 bits per heavy atom. The first kappa shape index (κ1) is 18.2. The third kappa shape index (κ3) is 5.17. The predicted molar refractivity (Wildman–Crippen MR) is 98.6 cm³/mol. The third-order valence-corrected chi connectivity index (χ3v) is 5.29. The quantitative estimate of drug-likeness (QED) is 0.411. The van der Waals surface area contributed by atoms with Crippen LogP contribution in [0.2, 0.25) is 5.02 Å². The van der Waals surface area contributed by atoms with Gasteiger partial charge in [0.1, 0.15) is 5.82 Å². The Morgan fingerprint density at radius 1 is 1.40 bits per heavy atom. The molecule has 0 spiro atoms. The van der Waals surface area contributed by atoms with E-state index in [-0.39, 0.29) is 0 Å². The number of pyridine rings is 1. The van der Waals surface area contributed by atoms with E-state index in [0.29, 0.717) is 22.4 Å². The van der Waals surface area contributed by atoms with Crippen LogP contribution in [-0.4, -0.2) is 46.7 Å². The molecule has 0 bridgehead atoms. The fraction of sp³-hybridized carbons (Fsp3) is 0.556. The van der Waals surface area contributed by atoms with Crippen LogP contribution in [0.4, 0.5) is 5.82 Å². The Balaban J connectivity index is 1.52. The Hall–Kier alpha value is -1.63. The van der Waals surface area contributed by atoms with Crippen molar-refractivity contribution in [3.05, 3.63) is 28.9 Å². The lowest BCUT2D eigenvalue weighted by molar-refractivity contribution is -0.124.